The SMILES string of the molecule is CC1CC1.CC1CN1P(=O)(Oc1ccccc1)Oc1ccccc1.ClCCl. The smallest absolute Gasteiger partial charge is 0.404 e. The highest BCUT2D eigenvalue weighted by atomic mass is 35.5. The fourth-order valence-electron chi connectivity index (χ4n) is 2.08. The molecule has 1 heterocycles. The summed E-state index contributed by atoms with van der Waals surface area (Å²) in [6.45, 7) is 4.99. The first-order valence-electron chi connectivity index (χ1n) is 8.97. The minimum Gasteiger partial charge on any atom is -0.404 e. The number of benzene rings is 2. The van der Waals surface area contributed by atoms with Crippen LogP contribution in [-0.4, -0.2) is 22.6 Å². The number of halogens is 2. The molecule has 4 nitrogen and oxygen atoms in total. The summed E-state index contributed by atoms with van der Waals surface area (Å²) in [5.41, 5.74) is 0. The van der Waals surface area contributed by atoms with Gasteiger partial charge in [-0.1, -0.05) is 56.2 Å². The van der Waals surface area contributed by atoms with Crippen molar-refractivity contribution in [2.24, 2.45) is 5.92 Å². The predicted molar refractivity (Wildman–Crippen MR) is 113 cm³/mol. The monoisotopic (exact) mass is 429 g/mol. The van der Waals surface area contributed by atoms with Gasteiger partial charge in [-0.25, -0.2) is 4.57 Å². The number of rotatable bonds is 5. The largest absolute Gasteiger partial charge is 0.515 e. The van der Waals surface area contributed by atoms with Gasteiger partial charge in [0, 0.05) is 12.6 Å². The summed E-state index contributed by atoms with van der Waals surface area (Å²) in [5, 5.41) is 0.194. The summed E-state index contributed by atoms with van der Waals surface area (Å²) in [4.78, 5) is 0. The zero-order valence-corrected chi connectivity index (χ0v) is 18.0. The summed E-state index contributed by atoms with van der Waals surface area (Å²) in [6.07, 6.45) is 2.97. The molecule has 4 rings (SSSR count). The second-order valence-corrected chi connectivity index (χ2v) is 9.16. The van der Waals surface area contributed by atoms with Crippen LogP contribution >= 0.6 is 30.9 Å². The lowest BCUT2D eigenvalue weighted by Gasteiger charge is -2.20. The second-order valence-electron chi connectivity index (χ2n) is 6.53. The van der Waals surface area contributed by atoms with Crippen molar-refractivity contribution in [2.75, 3.05) is 11.9 Å². The molecule has 0 spiro atoms. The van der Waals surface area contributed by atoms with Gasteiger partial charge in [0.25, 0.3) is 0 Å². The summed E-state index contributed by atoms with van der Waals surface area (Å²) >= 11 is 9.53. The summed E-state index contributed by atoms with van der Waals surface area (Å²) < 4.78 is 26.1. The molecule has 148 valence electrons. The van der Waals surface area contributed by atoms with E-state index in [2.05, 4.69) is 6.92 Å². The minimum atomic E-state index is -3.35. The average Bonchev–Trinajstić information content (AvgIpc) is 3.57. The topological polar surface area (TPSA) is 38.5 Å². The fraction of sp³-hybridized carbons (Fsp3) is 0.400. The van der Waals surface area contributed by atoms with E-state index in [4.69, 9.17) is 32.2 Å². The highest BCUT2D eigenvalue weighted by Gasteiger charge is 2.50. The van der Waals surface area contributed by atoms with Crippen molar-refractivity contribution >= 4 is 30.9 Å². The predicted octanol–water partition coefficient (Wildman–Crippen LogP) is 6.79. The third kappa shape index (κ3) is 8.15. The van der Waals surface area contributed by atoms with Gasteiger partial charge >= 0.3 is 7.75 Å². The lowest BCUT2D eigenvalue weighted by molar-refractivity contribution is 0.346. The molecule has 0 bridgehead atoms. The first-order chi connectivity index (χ1) is 13.0. The molecule has 1 saturated carbocycles. The van der Waals surface area contributed by atoms with Crippen LogP contribution in [-0.2, 0) is 4.57 Å². The van der Waals surface area contributed by atoms with E-state index in [1.165, 1.54) is 12.8 Å². The Morgan fingerprint density at radius 3 is 1.52 bits per heavy atom. The number of alkyl halides is 2. The van der Waals surface area contributed by atoms with Gasteiger partial charge in [-0.15, -0.1) is 23.2 Å². The molecule has 1 saturated heterocycles. The molecular formula is C20H26Cl2NO3P. The molecule has 0 amide bonds. The summed E-state index contributed by atoms with van der Waals surface area (Å²) in [5.74, 6) is 2.18. The van der Waals surface area contributed by atoms with Gasteiger partial charge in [-0.05, 0) is 37.1 Å². The van der Waals surface area contributed by atoms with E-state index in [9.17, 15) is 4.57 Å². The number of hydrogen-bond donors (Lipinski definition) is 0. The summed E-state index contributed by atoms with van der Waals surface area (Å²) in [7, 11) is -3.35. The van der Waals surface area contributed by atoms with Crippen LogP contribution in [0.2, 0.25) is 0 Å². The lowest BCUT2D eigenvalue weighted by atomic mass is 10.3. The van der Waals surface area contributed by atoms with Crippen molar-refractivity contribution in [3.8, 4) is 11.5 Å². The Hall–Kier alpha value is -1.19. The van der Waals surface area contributed by atoms with E-state index >= 15 is 0 Å². The van der Waals surface area contributed by atoms with Gasteiger partial charge in [0.2, 0.25) is 0 Å². The average molecular weight is 430 g/mol. The van der Waals surface area contributed by atoms with E-state index in [-0.39, 0.29) is 11.4 Å². The van der Waals surface area contributed by atoms with Crippen LogP contribution < -0.4 is 9.05 Å². The molecule has 2 fully saturated rings. The molecule has 1 aliphatic heterocycles. The van der Waals surface area contributed by atoms with Crippen LogP contribution in [0.5, 0.6) is 11.5 Å². The Labute approximate surface area is 172 Å². The maximum absolute atomic E-state index is 13.0. The Morgan fingerprint density at radius 1 is 0.926 bits per heavy atom. The van der Waals surface area contributed by atoms with Crippen LogP contribution in [0.25, 0.3) is 0 Å². The zero-order chi connectivity index (χ0) is 19.7. The van der Waals surface area contributed by atoms with E-state index in [1.807, 2.05) is 43.3 Å². The molecule has 2 unspecified atom stereocenters. The number of hydrogen-bond acceptors (Lipinski definition) is 3. The number of para-hydroxylation sites is 2. The molecule has 0 N–H and O–H groups in total. The van der Waals surface area contributed by atoms with Gasteiger partial charge in [-0.2, -0.15) is 4.67 Å². The maximum atomic E-state index is 13.0. The zero-order valence-electron chi connectivity index (χ0n) is 15.6. The molecule has 2 atom stereocenters. The third-order valence-electron chi connectivity index (χ3n) is 3.94. The fourth-order valence-corrected chi connectivity index (χ4v) is 4.03. The molecule has 1 aliphatic carbocycles. The maximum Gasteiger partial charge on any atom is 0.515 e. The van der Waals surface area contributed by atoms with Crippen LogP contribution in [0.1, 0.15) is 26.7 Å². The Balaban J connectivity index is 0.000000317. The third-order valence-corrected chi connectivity index (χ3v) is 6.00. The summed E-state index contributed by atoms with van der Waals surface area (Å²) in [6, 6.07) is 18.4. The van der Waals surface area contributed by atoms with Crippen molar-refractivity contribution < 1.29 is 13.6 Å². The second kappa shape index (κ2) is 11.0. The van der Waals surface area contributed by atoms with Crippen LogP contribution in [0.4, 0.5) is 0 Å². The first-order valence-corrected chi connectivity index (χ1v) is 11.5. The van der Waals surface area contributed by atoms with Crippen molar-refractivity contribution in [2.45, 2.75) is 32.7 Å². The van der Waals surface area contributed by atoms with Gasteiger partial charge in [-0.3, -0.25) is 0 Å². The molecule has 0 aromatic heterocycles. The lowest BCUT2D eigenvalue weighted by Crippen LogP contribution is -2.10. The molecule has 0 radical (unpaired) electrons. The van der Waals surface area contributed by atoms with Crippen LogP contribution in [0.3, 0.4) is 0 Å². The number of nitrogens with zero attached hydrogens (tertiary/aromatic N) is 1. The van der Waals surface area contributed by atoms with Crippen molar-refractivity contribution in [3.63, 3.8) is 0 Å². The molecule has 2 aromatic carbocycles. The molecule has 7 heteroatoms. The van der Waals surface area contributed by atoms with Gasteiger partial charge < -0.3 is 9.05 Å². The standard InChI is InChI=1S/C15H16NO3P.C4H8.CH2Cl2/c1-13-12-16(13)20(17,18-14-8-4-2-5-9-14)19-15-10-6-3-7-11-15;1-4-2-3-4;2-1-3/h2-11,13H,12H2,1H3;4H,2-3H2,1H3;1H2. The first kappa shape index (κ1) is 22.1. The van der Waals surface area contributed by atoms with E-state index in [0.29, 0.717) is 11.5 Å². The van der Waals surface area contributed by atoms with Gasteiger partial charge in [0.15, 0.2) is 0 Å². The van der Waals surface area contributed by atoms with E-state index in [0.717, 1.165) is 12.5 Å². The van der Waals surface area contributed by atoms with Gasteiger partial charge in [0.1, 0.15) is 11.5 Å². The van der Waals surface area contributed by atoms with Crippen molar-refractivity contribution in [1.29, 1.82) is 0 Å². The highest BCUT2D eigenvalue weighted by molar-refractivity contribution is 7.52. The molecule has 2 aliphatic rings. The van der Waals surface area contributed by atoms with Crippen molar-refractivity contribution in [1.82, 2.24) is 4.67 Å². The molecule has 2 aromatic rings. The molecular weight excluding hydrogens is 404 g/mol. The van der Waals surface area contributed by atoms with Crippen molar-refractivity contribution in [3.05, 3.63) is 60.7 Å². The van der Waals surface area contributed by atoms with Gasteiger partial charge in [0.05, 0.1) is 5.34 Å². The quantitative estimate of drug-likeness (QED) is 0.297. The Bertz CT molecular complexity index is 668. The minimum absolute atomic E-state index is 0.194. The Morgan fingerprint density at radius 2 is 1.26 bits per heavy atom. The van der Waals surface area contributed by atoms with Crippen LogP contribution in [0, 0.1) is 5.92 Å². The molecule has 27 heavy (non-hydrogen) atoms. The normalized spacial score (nSPS) is 20.3. The van der Waals surface area contributed by atoms with E-state index in [1.54, 1.807) is 28.9 Å². The highest BCUT2D eigenvalue weighted by Crippen LogP contribution is 2.57. The van der Waals surface area contributed by atoms with Crippen LogP contribution in [0.15, 0.2) is 60.7 Å². The Kier molecular flexibility index (Phi) is 8.98. The van der Waals surface area contributed by atoms with E-state index < -0.39 is 7.75 Å².